The molecule has 84 valence electrons. The van der Waals surface area contributed by atoms with Gasteiger partial charge in [0.2, 0.25) is 0 Å². The summed E-state index contributed by atoms with van der Waals surface area (Å²) in [6, 6.07) is 8.01. The second-order valence-electron chi connectivity index (χ2n) is 3.62. The van der Waals surface area contributed by atoms with E-state index >= 15 is 0 Å². The van der Waals surface area contributed by atoms with Crippen molar-refractivity contribution >= 4 is 18.2 Å². The highest BCUT2D eigenvalue weighted by Gasteiger charge is 2.04. The molecule has 0 unspecified atom stereocenters. The Hall–Kier alpha value is -0.820. The molecule has 0 radical (unpaired) electrons. The van der Waals surface area contributed by atoms with E-state index in [4.69, 9.17) is 0 Å². The maximum absolute atomic E-state index is 11.6. The Morgan fingerprint density at radius 2 is 1.93 bits per heavy atom. The second kappa shape index (κ2) is 7.47. The van der Waals surface area contributed by atoms with E-state index in [2.05, 4.69) is 13.0 Å². The zero-order valence-electron chi connectivity index (χ0n) is 9.45. The van der Waals surface area contributed by atoms with Crippen molar-refractivity contribution in [1.82, 2.24) is 0 Å². The van der Waals surface area contributed by atoms with E-state index in [-0.39, 0.29) is 18.2 Å². The second-order valence-corrected chi connectivity index (χ2v) is 3.62. The Balaban J connectivity index is 0.00000196. The number of aryl methyl sites for hydroxylation is 1. The number of halogens is 1. The molecule has 0 amide bonds. The average molecular weight is 227 g/mol. The van der Waals surface area contributed by atoms with Crippen LogP contribution in [-0.4, -0.2) is 5.78 Å². The summed E-state index contributed by atoms with van der Waals surface area (Å²) in [4.78, 5) is 11.6. The summed E-state index contributed by atoms with van der Waals surface area (Å²) in [5, 5.41) is 0. The molecule has 0 bridgehead atoms. The standard InChI is InChI=1S/C13H18O.ClH/c1-3-6-11-8-5-9-12(10-11)13(14)7-4-2;/h5,8-10H,3-4,6-7H2,1-2H3;1H. The molecule has 0 heterocycles. The third-order valence-corrected chi connectivity index (χ3v) is 2.26. The Kier molecular flexibility index (Phi) is 7.06. The van der Waals surface area contributed by atoms with Crippen molar-refractivity contribution in [2.75, 3.05) is 0 Å². The van der Waals surface area contributed by atoms with Crippen LogP contribution in [0.5, 0.6) is 0 Å². The molecule has 1 nitrogen and oxygen atoms in total. The highest BCUT2D eigenvalue weighted by Crippen LogP contribution is 2.10. The van der Waals surface area contributed by atoms with Gasteiger partial charge in [-0.3, -0.25) is 4.79 Å². The summed E-state index contributed by atoms with van der Waals surface area (Å²) >= 11 is 0. The van der Waals surface area contributed by atoms with Gasteiger partial charge in [0.25, 0.3) is 0 Å². The molecule has 0 aliphatic rings. The minimum Gasteiger partial charge on any atom is -0.294 e. The topological polar surface area (TPSA) is 17.1 Å². The van der Waals surface area contributed by atoms with Gasteiger partial charge in [0, 0.05) is 12.0 Å². The summed E-state index contributed by atoms with van der Waals surface area (Å²) in [6.45, 7) is 4.19. The first-order valence-electron chi connectivity index (χ1n) is 5.40. The van der Waals surface area contributed by atoms with Gasteiger partial charge in [0.05, 0.1) is 0 Å². The molecule has 0 aliphatic carbocycles. The van der Waals surface area contributed by atoms with Crippen molar-refractivity contribution in [2.45, 2.75) is 39.5 Å². The lowest BCUT2D eigenvalue weighted by molar-refractivity contribution is 0.0981. The fourth-order valence-corrected chi connectivity index (χ4v) is 1.56. The first kappa shape index (κ1) is 14.2. The van der Waals surface area contributed by atoms with Crippen LogP contribution in [0, 0.1) is 0 Å². The van der Waals surface area contributed by atoms with Gasteiger partial charge in [0.15, 0.2) is 5.78 Å². The number of hydrogen-bond donors (Lipinski definition) is 0. The Morgan fingerprint density at radius 1 is 1.20 bits per heavy atom. The summed E-state index contributed by atoms with van der Waals surface area (Å²) in [5.41, 5.74) is 2.15. The fourth-order valence-electron chi connectivity index (χ4n) is 1.56. The first-order valence-corrected chi connectivity index (χ1v) is 5.40. The van der Waals surface area contributed by atoms with Crippen molar-refractivity contribution < 1.29 is 4.79 Å². The molecule has 0 saturated carbocycles. The van der Waals surface area contributed by atoms with E-state index in [1.165, 1.54) is 5.56 Å². The van der Waals surface area contributed by atoms with E-state index in [9.17, 15) is 4.79 Å². The maximum atomic E-state index is 11.6. The summed E-state index contributed by atoms with van der Waals surface area (Å²) in [5.74, 6) is 0.269. The molecule has 1 aromatic rings. The predicted molar refractivity (Wildman–Crippen MR) is 66.9 cm³/mol. The minimum atomic E-state index is 0. The van der Waals surface area contributed by atoms with E-state index in [1.807, 2.05) is 25.1 Å². The van der Waals surface area contributed by atoms with Gasteiger partial charge in [-0.2, -0.15) is 0 Å². The smallest absolute Gasteiger partial charge is 0.162 e. The molecule has 0 saturated heterocycles. The van der Waals surface area contributed by atoms with Crippen LogP contribution in [-0.2, 0) is 6.42 Å². The zero-order chi connectivity index (χ0) is 10.4. The summed E-state index contributed by atoms with van der Waals surface area (Å²) < 4.78 is 0. The molecular weight excluding hydrogens is 208 g/mol. The number of Topliss-reactive ketones (excluding diaryl/α,β-unsaturated/α-hetero) is 1. The highest BCUT2D eigenvalue weighted by molar-refractivity contribution is 5.96. The van der Waals surface area contributed by atoms with Crippen LogP contribution >= 0.6 is 12.4 Å². The van der Waals surface area contributed by atoms with Gasteiger partial charge in [-0.15, -0.1) is 12.4 Å². The van der Waals surface area contributed by atoms with Gasteiger partial charge in [0.1, 0.15) is 0 Å². The number of rotatable bonds is 5. The van der Waals surface area contributed by atoms with E-state index in [0.717, 1.165) is 24.8 Å². The van der Waals surface area contributed by atoms with Gasteiger partial charge in [-0.25, -0.2) is 0 Å². The van der Waals surface area contributed by atoms with Crippen LogP contribution in [0.4, 0.5) is 0 Å². The normalized spacial score (nSPS) is 9.47. The van der Waals surface area contributed by atoms with Crippen molar-refractivity contribution in [3.05, 3.63) is 35.4 Å². The zero-order valence-corrected chi connectivity index (χ0v) is 10.3. The van der Waals surface area contributed by atoms with E-state index in [1.54, 1.807) is 0 Å². The van der Waals surface area contributed by atoms with Crippen molar-refractivity contribution in [3.63, 3.8) is 0 Å². The minimum absolute atomic E-state index is 0. The van der Waals surface area contributed by atoms with Crippen LogP contribution < -0.4 is 0 Å². The largest absolute Gasteiger partial charge is 0.294 e. The molecule has 1 aromatic carbocycles. The molecule has 0 spiro atoms. The third kappa shape index (κ3) is 4.48. The molecule has 0 atom stereocenters. The van der Waals surface area contributed by atoms with Crippen LogP contribution in [0.2, 0.25) is 0 Å². The van der Waals surface area contributed by atoms with Gasteiger partial charge in [-0.05, 0) is 24.5 Å². The molecular formula is C13H19ClO. The lowest BCUT2D eigenvalue weighted by Crippen LogP contribution is -1.98. The van der Waals surface area contributed by atoms with E-state index < -0.39 is 0 Å². The van der Waals surface area contributed by atoms with Gasteiger partial charge in [-0.1, -0.05) is 38.5 Å². The van der Waals surface area contributed by atoms with Crippen molar-refractivity contribution in [3.8, 4) is 0 Å². The monoisotopic (exact) mass is 226 g/mol. The van der Waals surface area contributed by atoms with Gasteiger partial charge >= 0.3 is 0 Å². The van der Waals surface area contributed by atoms with Crippen LogP contribution in [0.3, 0.4) is 0 Å². The average Bonchev–Trinajstić information content (AvgIpc) is 2.19. The molecule has 0 aliphatic heterocycles. The number of carbonyl (C=O) groups is 1. The lowest BCUT2D eigenvalue weighted by Gasteiger charge is -2.02. The van der Waals surface area contributed by atoms with Crippen molar-refractivity contribution in [1.29, 1.82) is 0 Å². The Morgan fingerprint density at radius 3 is 2.53 bits per heavy atom. The highest BCUT2D eigenvalue weighted by atomic mass is 35.5. The Bertz CT molecular complexity index is 307. The summed E-state index contributed by atoms with van der Waals surface area (Å²) in [6.07, 6.45) is 3.78. The van der Waals surface area contributed by atoms with E-state index in [0.29, 0.717) is 6.42 Å². The van der Waals surface area contributed by atoms with Gasteiger partial charge < -0.3 is 0 Å². The lowest BCUT2D eigenvalue weighted by atomic mass is 10.0. The number of ketones is 1. The summed E-state index contributed by atoms with van der Waals surface area (Å²) in [7, 11) is 0. The SMILES string of the molecule is CCCC(=O)c1cccc(CCC)c1.Cl. The molecule has 0 fully saturated rings. The maximum Gasteiger partial charge on any atom is 0.162 e. The molecule has 0 N–H and O–H groups in total. The van der Waals surface area contributed by atoms with Crippen molar-refractivity contribution in [2.24, 2.45) is 0 Å². The Labute approximate surface area is 98.3 Å². The molecule has 0 aromatic heterocycles. The van der Waals surface area contributed by atoms with Crippen LogP contribution in [0.15, 0.2) is 24.3 Å². The predicted octanol–water partition coefficient (Wildman–Crippen LogP) is 4.04. The number of carbonyl (C=O) groups excluding carboxylic acids is 1. The molecule has 15 heavy (non-hydrogen) atoms. The third-order valence-electron chi connectivity index (χ3n) is 2.26. The quantitative estimate of drug-likeness (QED) is 0.693. The first-order chi connectivity index (χ1) is 6.77. The van der Waals surface area contributed by atoms with Crippen LogP contribution in [0.1, 0.15) is 49.0 Å². The van der Waals surface area contributed by atoms with Crippen LogP contribution in [0.25, 0.3) is 0 Å². The fraction of sp³-hybridized carbons (Fsp3) is 0.462. The molecule has 1 rings (SSSR count). The molecule has 2 heteroatoms. The number of benzene rings is 1. The number of hydrogen-bond acceptors (Lipinski definition) is 1.